The number of thiazole rings is 1. The first kappa shape index (κ1) is 31.7. The van der Waals surface area contributed by atoms with Crippen molar-refractivity contribution in [3.8, 4) is 5.75 Å². The number of carbonyl (C=O) groups is 3. The Hall–Kier alpha value is -4.26. The van der Waals surface area contributed by atoms with Gasteiger partial charge < -0.3 is 20.4 Å². The maximum absolute atomic E-state index is 14.7. The van der Waals surface area contributed by atoms with E-state index < -0.39 is 70.2 Å². The number of likely N-dealkylation sites (N-methyl/N-ethyl adjacent to an activating group) is 1. The molecule has 43 heavy (non-hydrogen) atoms. The number of anilines is 1. The van der Waals surface area contributed by atoms with E-state index in [2.05, 4.69) is 14.4 Å². The lowest BCUT2D eigenvalue weighted by Gasteiger charge is -2.50. The molecule has 1 aromatic heterocycles. The predicted octanol–water partition coefficient (Wildman–Crippen LogP) is 1.16. The minimum Gasteiger partial charge on any atom is -0.486 e. The van der Waals surface area contributed by atoms with Crippen LogP contribution in [0.2, 0.25) is 0 Å². The molecule has 1 aromatic carbocycles. The molecule has 0 bridgehead atoms. The SMILES string of the molecule is C[N+]1=CC(c2ccc(OC[C@H](O/N=C(\C(=O)C[C@@H]3C(=O)N(OS(=O)(=O)O)C3(C)C)c3csc(N)n3)C(=O)O)c(F)c2)=CC1. The summed E-state index contributed by atoms with van der Waals surface area (Å²) in [6, 6.07) is 4.21. The molecule has 0 radical (unpaired) electrons. The van der Waals surface area contributed by atoms with Gasteiger partial charge in [-0.05, 0) is 37.6 Å². The van der Waals surface area contributed by atoms with E-state index in [9.17, 15) is 32.3 Å². The molecular formula is C25H27FN5O10S2+. The van der Waals surface area contributed by atoms with Crippen LogP contribution in [0, 0.1) is 11.7 Å². The fourth-order valence-electron chi connectivity index (χ4n) is 4.29. The summed E-state index contributed by atoms with van der Waals surface area (Å²) in [5.74, 6) is -5.34. The summed E-state index contributed by atoms with van der Waals surface area (Å²) in [6.45, 7) is 2.79. The molecule has 1 saturated heterocycles. The maximum Gasteiger partial charge on any atom is 0.418 e. The zero-order chi connectivity index (χ0) is 31.7. The summed E-state index contributed by atoms with van der Waals surface area (Å²) >= 11 is 0.953. The zero-order valence-corrected chi connectivity index (χ0v) is 24.6. The van der Waals surface area contributed by atoms with Crippen LogP contribution in [0.15, 0.2) is 34.8 Å². The lowest BCUT2D eigenvalue weighted by Crippen LogP contribution is -2.68. The van der Waals surface area contributed by atoms with Crippen LogP contribution in [-0.2, 0) is 33.9 Å². The Kier molecular flexibility index (Phi) is 8.95. The Morgan fingerprint density at radius 1 is 1.37 bits per heavy atom. The molecule has 18 heteroatoms. The third-order valence-electron chi connectivity index (χ3n) is 6.62. The van der Waals surface area contributed by atoms with Gasteiger partial charge in [-0.2, -0.15) is 13.5 Å². The number of nitrogens with zero attached hydrogens (tertiary/aromatic N) is 4. The van der Waals surface area contributed by atoms with E-state index in [1.165, 1.54) is 31.4 Å². The molecule has 4 N–H and O–H groups in total. The third kappa shape index (κ3) is 7.22. The number of hydroxylamine groups is 2. The summed E-state index contributed by atoms with van der Waals surface area (Å²) in [4.78, 5) is 46.7. The average Bonchev–Trinajstić information content (AvgIpc) is 3.55. The Balaban J connectivity index is 1.48. The predicted molar refractivity (Wildman–Crippen MR) is 149 cm³/mol. The molecule has 2 aliphatic rings. The molecular weight excluding hydrogens is 613 g/mol. The number of hydrogen-bond acceptors (Lipinski definition) is 12. The number of β-lactam (4-membered cyclic amide) rings is 1. The number of aliphatic carboxylic acids is 1. The highest BCUT2D eigenvalue weighted by atomic mass is 32.3. The minimum absolute atomic E-state index is 0.0536. The van der Waals surface area contributed by atoms with Crippen LogP contribution in [0.25, 0.3) is 5.57 Å². The number of allylic oxidation sites excluding steroid dienone is 1. The number of carboxylic acids is 1. The van der Waals surface area contributed by atoms with E-state index >= 15 is 0 Å². The number of carboxylic acid groups (broad SMARTS) is 1. The molecule has 15 nitrogen and oxygen atoms in total. The second kappa shape index (κ2) is 12.2. The van der Waals surface area contributed by atoms with E-state index in [-0.39, 0.29) is 16.6 Å². The number of nitrogens with two attached hydrogens (primary N) is 1. The molecule has 1 fully saturated rings. The molecule has 0 aliphatic carbocycles. The van der Waals surface area contributed by atoms with Crippen LogP contribution in [-0.4, -0.2) is 94.1 Å². The van der Waals surface area contributed by atoms with Gasteiger partial charge in [-0.3, -0.25) is 14.1 Å². The highest BCUT2D eigenvalue weighted by Crippen LogP contribution is 2.40. The fraction of sp³-hybridized carbons (Fsp3) is 0.360. The van der Waals surface area contributed by atoms with E-state index in [4.69, 9.17) is 19.9 Å². The normalized spacial score (nSPS) is 18.9. The van der Waals surface area contributed by atoms with Crippen molar-refractivity contribution < 1.29 is 55.3 Å². The van der Waals surface area contributed by atoms with E-state index in [1.54, 1.807) is 6.07 Å². The third-order valence-corrected chi connectivity index (χ3v) is 7.63. The number of carbonyl (C=O) groups excluding carboxylic acids is 2. The molecule has 2 aromatic rings. The number of amides is 1. The van der Waals surface area contributed by atoms with Gasteiger partial charge >= 0.3 is 16.4 Å². The van der Waals surface area contributed by atoms with Crippen LogP contribution in [0.5, 0.6) is 5.75 Å². The smallest absolute Gasteiger partial charge is 0.418 e. The quantitative estimate of drug-likeness (QED) is 0.0926. The first-order valence-corrected chi connectivity index (χ1v) is 14.7. The van der Waals surface area contributed by atoms with Gasteiger partial charge in [-0.1, -0.05) is 11.2 Å². The van der Waals surface area contributed by atoms with Gasteiger partial charge in [0.1, 0.15) is 19.3 Å². The first-order chi connectivity index (χ1) is 20.1. The highest BCUT2D eigenvalue weighted by molar-refractivity contribution is 7.80. The highest BCUT2D eigenvalue weighted by Gasteiger charge is 2.57. The number of nitrogen functional groups attached to an aromatic ring is 1. The van der Waals surface area contributed by atoms with Gasteiger partial charge in [-0.15, -0.1) is 15.6 Å². The van der Waals surface area contributed by atoms with Gasteiger partial charge in [-0.25, -0.2) is 18.7 Å². The number of aromatic nitrogens is 1. The zero-order valence-electron chi connectivity index (χ0n) is 23.0. The van der Waals surface area contributed by atoms with Crippen molar-refractivity contribution in [1.29, 1.82) is 0 Å². The van der Waals surface area contributed by atoms with Crippen LogP contribution in [0.3, 0.4) is 0 Å². The van der Waals surface area contributed by atoms with Gasteiger partial charge in [0, 0.05) is 17.4 Å². The summed E-state index contributed by atoms with van der Waals surface area (Å²) in [6.07, 6.45) is 1.44. The van der Waals surface area contributed by atoms with Crippen LogP contribution >= 0.6 is 11.3 Å². The summed E-state index contributed by atoms with van der Waals surface area (Å²) in [5, 5.41) is 15.2. The average molecular weight is 641 g/mol. The number of ketones is 1. The molecule has 1 amide bonds. The number of benzene rings is 1. The summed E-state index contributed by atoms with van der Waals surface area (Å²) in [5.41, 5.74) is 5.21. The molecule has 3 heterocycles. The number of Topliss-reactive ketones (excluding diaryl/α,β-unsaturated/α-hetero) is 1. The number of oxime groups is 1. The standard InChI is InChI=1S/C25H26FN5O10S2/c1-25(2)15(22(33)31(25)41-43(36,37)38)9-18(32)21(17-12-42-24(27)28-17)29-40-20(23(34)35)11-39-19-5-4-13(8-16(19)26)14-6-7-30(3)10-14/h4-6,8,10,12,15,20H,7,9,11H2,1-3H3,(H3-,27,28,34,35,36,37,38)/p+1/b29-21-/t15-,20+/m1/s1. The lowest BCUT2D eigenvalue weighted by molar-refractivity contribution is -0.477. The monoisotopic (exact) mass is 640 g/mol. The Morgan fingerprint density at radius 3 is 2.63 bits per heavy atom. The van der Waals surface area contributed by atoms with E-state index in [0.717, 1.165) is 16.9 Å². The van der Waals surface area contributed by atoms with Crippen molar-refractivity contribution >= 4 is 62.0 Å². The summed E-state index contributed by atoms with van der Waals surface area (Å²) in [7, 11) is -3.13. The number of rotatable bonds is 13. The molecule has 2 aliphatic heterocycles. The van der Waals surface area contributed by atoms with E-state index in [0.29, 0.717) is 17.2 Å². The van der Waals surface area contributed by atoms with Gasteiger partial charge in [0.2, 0.25) is 0 Å². The Bertz CT molecular complexity index is 1670. The van der Waals surface area contributed by atoms with Crippen molar-refractivity contribution in [1.82, 2.24) is 10.0 Å². The maximum atomic E-state index is 14.7. The van der Waals surface area contributed by atoms with Gasteiger partial charge in [0.25, 0.3) is 12.0 Å². The largest absolute Gasteiger partial charge is 0.486 e. The van der Waals surface area contributed by atoms with Crippen molar-refractivity contribution in [2.24, 2.45) is 11.1 Å². The van der Waals surface area contributed by atoms with Crippen LogP contribution < -0.4 is 10.5 Å². The van der Waals surface area contributed by atoms with Crippen molar-refractivity contribution in [2.75, 3.05) is 25.9 Å². The van der Waals surface area contributed by atoms with Crippen LogP contribution in [0.4, 0.5) is 9.52 Å². The molecule has 0 saturated carbocycles. The lowest BCUT2D eigenvalue weighted by atomic mass is 9.74. The Labute approximate surface area is 248 Å². The molecule has 0 unspecified atom stereocenters. The first-order valence-electron chi connectivity index (χ1n) is 12.5. The van der Waals surface area contributed by atoms with Crippen molar-refractivity contribution in [3.63, 3.8) is 0 Å². The van der Waals surface area contributed by atoms with Crippen LogP contribution in [0.1, 0.15) is 31.5 Å². The minimum atomic E-state index is -5.00. The van der Waals surface area contributed by atoms with Gasteiger partial charge in [0.05, 0.1) is 11.5 Å². The molecule has 2 atom stereocenters. The summed E-state index contributed by atoms with van der Waals surface area (Å²) < 4.78 is 57.3. The number of halogens is 1. The topological polar surface area (TPSA) is 211 Å². The number of hydrogen-bond donors (Lipinski definition) is 3. The molecule has 0 spiro atoms. The Morgan fingerprint density at radius 2 is 2.09 bits per heavy atom. The fourth-order valence-corrected chi connectivity index (χ4v) is 5.29. The molecule has 230 valence electrons. The second-order valence-corrected chi connectivity index (χ2v) is 12.0. The van der Waals surface area contributed by atoms with Crippen molar-refractivity contribution in [2.45, 2.75) is 31.9 Å². The van der Waals surface area contributed by atoms with Crippen molar-refractivity contribution in [3.05, 3.63) is 46.7 Å². The van der Waals surface area contributed by atoms with Gasteiger partial charge in [0.15, 0.2) is 41.0 Å². The second-order valence-electron chi connectivity index (χ2n) is 10.1. The number of ether oxygens (including phenoxy) is 1. The molecule has 4 rings (SSSR count). The van der Waals surface area contributed by atoms with E-state index in [1.807, 2.05) is 23.9 Å².